The van der Waals surface area contributed by atoms with Crippen LogP contribution in [-0.4, -0.2) is 23.2 Å². The van der Waals surface area contributed by atoms with Crippen molar-refractivity contribution in [3.63, 3.8) is 0 Å². The maximum atomic E-state index is 12.7. The van der Waals surface area contributed by atoms with E-state index in [1.54, 1.807) is 43.6 Å². The second-order valence-corrected chi connectivity index (χ2v) is 9.00. The van der Waals surface area contributed by atoms with E-state index in [1.807, 2.05) is 13.8 Å². The van der Waals surface area contributed by atoms with E-state index < -0.39 is 9.84 Å². The normalized spacial score (nSPS) is 11.7. The molecular weight excluding hydrogens is 370 g/mol. The maximum Gasteiger partial charge on any atom is 0.277 e. The molecular formula is C18H19N3O3S2. The Kier molecular flexibility index (Phi) is 4.81. The van der Waals surface area contributed by atoms with Crippen LogP contribution in [0.3, 0.4) is 0 Å². The van der Waals surface area contributed by atoms with E-state index in [2.05, 4.69) is 10.1 Å². The first kappa shape index (κ1) is 18.5. The molecule has 8 heteroatoms. The molecule has 0 fully saturated rings. The first-order valence-corrected chi connectivity index (χ1v) is 10.5. The van der Waals surface area contributed by atoms with Gasteiger partial charge < -0.3 is 0 Å². The number of rotatable bonds is 4. The van der Waals surface area contributed by atoms with Gasteiger partial charge in [-0.05, 0) is 38.0 Å². The first-order chi connectivity index (χ1) is 12.2. The average Bonchev–Trinajstić information content (AvgIpc) is 3.01. The van der Waals surface area contributed by atoms with Crippen LogP contribution in [-0.2, 0) is 22.6 Å². The Morgan fingerprint density at radius 1 is 1.15 bits per heavy atom. The lowest BCUT2D eigenvalue weighted by atomic mass is 10.1. The number of aryl methyl sites for hydroxylation is 3. The molecule has 3 aromatic rings. The summed E-state index contributed by atoms with van der Waals surface area (Å²) in [6.07, 6.45) is 0. The molecule has 0 amide bonds. The number of hydrogen-bond acceptors (Lipinski definition) is 6. The van der Waals surface area contributed by atoms with E-state index in [4.69, 9.17) is 0 Å². The molecule has 1 aromatic carbocycles. The molecule has 0 radical (unpaired) electrons. The largest absolute Gasteiger partial charge is 0.277 e. The number of benzene rings is 1. The second-order valence-electron chi connectivity index (χ2n) is 6.18. The number of thiazole rings is 1. The summed E-state index contributed by atoms with van der Waals surface area (Å²) in [7, 11) is -1.91. The Morgan fingerprint density at radius 3 is 2.54 bits per heavy atom. The highest BCUT2D eigenvalue weighted by Crippen LogP contribution is 2.27. The lowest BCUT2D eigenvalue weighted by Crippen LogP contribution is -2.23. The molecule has 0 aliphatic heterocycles. The van der Waals surface area contributed by atoms with Crippen LogP contribution in [0.4, 0.5) is 0 Å². The summed E-state index contributed by atoms with van der Waals surface area (Å²) >= 11 is 1.27. The maximum absolute atomic E-state index is 12.7. The van der Waals surface area contributed by atoms with Crippen LogP contribution in [0.1, 0.15) is 22.5 Å². The SMILES string of the molecule is Cc1ccccc1S(=O)(=O)Cc1csc(-c2c(C)c(C)nn(C)c2=O)n1. The Bertz CT molecular complexity index is 1140. The van der Waals surface area contributed by atoms with Crippen LogP contribution in [0.25, 0.3) is 10.6 Å². The number of nitrogens with zero attached hydrogens (tertiary/aromatic N) is 3. The van der Waals surface area contributed by atoms with Crippen molar-refractivity contribution in [3.05, 3.63) is 62.5 Å². The molecule has 26 heavy (non-hydrogen) atoms. The van der Waals surface area contributed by atoms with Crippen molar-refractivity contribution < 1.29 is 8.42 Å². The van der Waals surface area contributed by atoms with Gasteiger partial charge >= 0.3 is 0 Å². The smallest absolute Gasteiger partial charge is 0.267 e. The van der Waals surface area contributed by atoms with Gasteiger partial charge in [-0.1, -0.05) is 18.2 Å². The molecule has 0 atom stereocenters. The fourth-order valence-corrected chi connectivity index (χ4v) is 5.32. The molecule has 0 bridgehead atoms. The van der Waals surface area contributed by atoms with Gasteiger partial charge in [-0.25, -0.2) is 18.1 Å². The van der Waals surface area contributed by atoms with Crippen molar-refractivity contribution in [3.8, 4) is 10.6 Å². The third kappa shape index (κ3) is 3.34. The summed E-state index contributed by atoms with van der Waals surface area (Å²) in [4.78, 5) is 17.2. The monoisotopic (exact) mass is 389 g/mol. The Hall–Kier alpha value is -2.32. The zero-order chi connectivity index (χ0) is 19.1. The van der Waals surface area contributed by atoms with E-state index in [0.717, 1.165) is 11.3 Å². The van der Waals surface area contributed by atoms with Crippen molar-refractivity contribution in [2.24, 2.45) is 7.05 Å². The van der Waals surface area contributed by atoms with E-state index in [9.17, 15) is 13.2 Å². The van der Waals surface area contributed by atoms with Gasteiger partial charge in [0.25, 0.3) is 5.56 Å². The minimum Gasteiger partial charge on any atom is -0.267 e. The zero-order valence-corrected chi connectivity index (χ0v) is 16.6. The fraction of sp³-hybridized carbons (Fsp3) is 0.278. The Morgan fingerprint density at radius 2 is 1.85 bits per heavy atom. The highest BCUT2D eigenvalue weighted by molar-refractivity contribution is 7.90. The summed E-state index contributed by atoms with van der Waals surface area (Å²) in [5.74, 6) is -0.197. The molecule has 0 spiro atoms. The first-order valence-electron chi connectivity index (χ1n) is 7.98. The number of aromatic nitrogens is 3. The van der Waals surface area contributed by atoms with Crippen molar-refractivity contribution in [2.75, 3.05) is 0 Å². The standard InChI is InChI=1S/C18H19N3O3S2/c1-11-7-5-6-8-15(11)26(23,24)10-14-9-25-17(19-14)16-12(2)13(3)20-21(4)18(16)22/h5-9H,10H2,1-4H3. The van der Waals surface area contributed by atoms with E-state index in [0.29, 0.717) is 26.7 Å². The van der Waals surface area contributed by atoms with Crippen LogP contribution < -0.4 is 5.56 Å². The van der Waals surface area contributed by atoms with Crippen molar-refractivity contribution >= 4 is 21.2 Å². The highest BCUT2D eigenvalue weighted by atomic mass is 32.2. The molecule has 0 N–H and O–H groups in total. The highest BCUT2D eigenvalue weighted by Gasteiger charge is 2.21. The topological polar surface area (TPSA) is 81.9 Å². The average molecular weight is 390 g/mol. The van der Waals surface area contributed by atoms with E-state index in [1.165, 1.54) is 16.0 Å². The number of hydrogen-bond donors (Lipinski definition) is 0. The molecule has 6 nitrogen and oxygen atoms in total. The zero-order valence-electron chi connectivity index (χ0n) is 15.0. The molecule has 0 saturated heterocycles. The molecule has 0 unspecified atom stereocenters. The molecule has 0 aliphatic rings. The van der Waals surface area contributed by atoms with Crippen LogP contribution in [0.5, 0.6) is 0 Å². The minimum atomic E-state index is -3.50. The Labute approximate surface area is 156 Å². The van der Waals surface area contributed by atoms with Gasteiger partial charge in [0.1, 0.15) is 5.01 Å². The van der Waals surface area contributed by atoms with Gasteiger partial charge in [0.2, 0.25) is 0 Å². The van der Waals surface area contributed by atoms with Gasteiger partial charge in [-0.2, -0.15) is 5.10 Å². The fourth-order valence-electron chi connectivity index (χ4n) is 2.77. The lowest BCUT2D eigenvalue weighted by Gasteiger charge is -2.07. The van der Waals surface area contributed by atoms with Gasteiger partial charge in [-0.3, -0.25) is 4.79 Å². The van der Waals surface area contributed by atoms with Crippen LogP contribution in [0, 0.1) is 20.8 Å². The summed E-state index contributed by atoms with van der Waals surface area (Å²) in [5.41, 5.74) is 2.88. The summed E-state index contributed by atoms with van der Waals surface area (Å²) in [6, 6.07) is 6.88. The third-order valence-electron chi connectivity index (χ3n) is 4.26. The van der Waals surface area contributed by atoms with Gasteiger partial charge in [0, 0.05) is 12.4 Å². The van der Waals surface area contributed by atoms with Crippen molar-refractivity contribution in [1.82, 2.24) is 14.8 Å². The van der Waals surface area contributed by atoms with E-state index >= 15 is 0 Å². The van der Waals surface area contributed by atoms with Crippen molar-refractivity contribution in [1.29, 1.82) is 0 Å². The predicted molar refractivity (Wildman–Crippen MR) is 102 cm³/mol. The Balaban J connectivity index is 2.00. The molecule has 2 aromatic heterocycles. The summed E-state index contributed by atoms with van der Waals surface area (Å²) in [5, 5.41) is 6.37. The summed E-state index contributed by atoms with van der Waals surface area (Å²) in [6.45, 7) is 5.42. The van der Waals surface area contributed by atoms with E-state index in [-0.39, 0.29) is 11.3 Å². The predicted octanol–water partition coefficient (Wildman–Crippen LogP) is 2.80. The van der Waals surface area contributed by atoms with Gasteiger partial charge in [0.15, 0.2) is 9.84 Å². The quantitative estimate of drug-likeness (QED) is 0.685. The third-order valence-corrected chi connectivity index (χ3v) is 6.97. The van der Waals surface area contributed by atoms with Gasteiger partial charge in [-0.15, -0.1) is 11.3 Å². The molecule has 136 valence electrons. The molecule has 0 saturated carbocycles. The van der Waals surface area contributed by atoms with Crippen LogP contribution in [0.15, 0.2) is 39.3 Å². The second kappa shape index (κ2) is 6.77. The summed E-state index contributed by atoms with van der Waals surface area (Å²) < 4.78 is 26.7. The van der Waals surface area contributed by atoms with Crippen LogP contribution in [0.2, 0.25) is 0 Å². The van der Waals surface area contributed by atoms with Crippen molar-refractivity contribution in [2.45, 2.75) is 31.4 Å². The minimum absolute atomic E-state index is 0.197. The molecule has 3 rings (SSSR count). The molecule has 0 aliphatic carbocycles. The lowest BCUT2D eigenvalue weighted by molar-refractivity contribution is 0.594. The number of sulfone groups is 1. The van der Waals surface area contributed by atoms with Gasteiger partial charge in [0.05, 0.1) is 27.6 Å². The molecule has 2 heterocycles. The van der Waals surface area contributed by atoms with Crippen LogP contribution >= 0.6 is 11.3 Å².